The molecule has 1 aliphatic heterocycles. The molecular weight excluding hydrogens is 333 g/mol. The summed E-state index contributed by atoms with van der Waals surface area (Å²) in [6.45, 7) is 2.00. The second-order valence-electron chi connectivity index (χ2n) is 5.26. The van der Waals surface area contributed by atoms with Crippen molar-refractivity contribution in [1.29, 1.82) is 0 Å². The van der Waals surface area contributed by atoms with E-state index in [9.17, 15) is 26.4 Å². The third kappa shape index (κ3) is 3.84. The largest absolute Gasteiger partial charge is 0.417 e. The molecule has 1 aromatic rings. The standard InChI is InChI=1S/C14H17F3N2O3S/c1-11(20)18-7-4-8-19(10-9-18)23(21,22)13-6-3-2-5-12(13)14(15,16)17/h2-3,5-6H,4,7-10H2,1H3. The summed E-state index contributed by atoms with van der Waals surface area (Å²) in [7, 11) is -4.27. The summed E-state index contributed by atoms with van der Waals surface area (Å²) in [4.78, 5) is 12.1. The monoisotopic (exact) mass is 350 g/mol. The number of carbonyl (C=O) groups is 1. The van der Waals surface area contributed by atoms with E-state index in [4.69, 9.17) is 0 Å². The van der Waals surface area contributed by atoms with Gasteiger partial charge >= 0.3 is 6.18 Å². The molecule has 0 saturated carbocycles. The van der Waals surface area contributed by atoms with Crippen LogP contribution in [0.3, 0.4) is 0 Å². The molecule has 2 rings (SSSR count). The highest BCUT2D eigenvalue weighted by Crippen LogP contribution is 2.35. The van der Waals surface area contributed by atoms with Crippen LogP contribution in [0.5, 0.6) is 0 Å². The van der Waals surface area contributed by atoms with Crippen LogP contribution in [0, 0.1) is 0 Å². The second kappa shape index (κ2) is 6.48. The minimum absolute atomic E-state index is 0.0197. The minimum atomic E-state index is -4.75. The lowest BCUT2D eigenvalue weighted by atomic mass is 10.2. The molecule has 1 heterocycles. The summed E-state index contributed by atoms with van der Waals surface area (Å²) in [5.74, 6) is -0.181. The Morgan fingerprint density at radius 3 is 2.35 bits per heavy atom. The second-order valence-corrected chi connectivity index (χ2v) is 7.16. The molecule has 0 bridgehead atoms. The topological polar surface area (TPSA) is 57.7 Å². The molecule has 128 valence electrons. The predicted octanol–water partition coefficient (Wildman–Crippen LogP) is 1.95. The normalized spacial score (nSPS) is 17.8. The SMILES string of the molecule is CC(=O)N1CCCN(S(=O)(=O)c2ccccc2C(F)(F)F)CC1. The van der Waals surface area contributed by atoms with E-state index >= 15 is 0 Å². The first kappa shape index (κ1) is 17.7. The lowest BCUT2D eigenvalue weighted by molar-refractivity contribution is -0.140. The van der Waals surface area contributed by atoms with Gasteiger partial charge in [0.15, 0.2) is 0 Å². The van der Waals surface area contributed by atoms with Gasteiger partial charge in [0.05, 0.1) is 10.5 Å². The van der Waals surface area contributed by atoms with Crippen LogP contribution in [-0.4, -0.2) is 49.7 Å². The van der Waals surface area contributed by atoms with Gasteiger partial charge in [-0.25, -0.2) is 8.42 Å². The lowest BCUT2D eigenvalue weighted by Crippen LogP contribution is -2.37. The number of nitrogens with zero attached hydrogens (tertiary/aromatic N) is 2. The van der Waals surface area contributed by atoms with Crippen molar-refractivity contribution in [1.82, 2.24) is 9.21 Å². The zero-order valence-corrected chi connectivity index (χ0v) is 13.3. The van der Waals surface area contributed by atoms with Gasteiger partial charge in [0.25, 0.3) is 0 Å². The highest BCUT2D eigenvalue weighted by Gasteiger charge is 2.39. The van der Waals surface area contributed by atoms with E-state index in [0.717, 1.165) is 22.5 Å². The van der Waals surface area contributed by atoms with E-state index in [1.165, 1.54) is 17.9 Å². The fourth-order valence-corrected chi connectivity index (χ4v) is 4.20. The summed E-state index contributed by atoms with van der Waals surface area (Å²) in [5.41, 5.74) is -1.17. The first-order valence-electron chi connectivity index (χ1n) is 7.06. The third-order valence-electron chi connectivity index (χ3n) is 3.71. The number of alkyl halides is 3. The van der Waals surface area contributed by atoms with Crippen LogP contribution in [0.15, 0.2) is 29.2 Å². The van der Waals surface area contributed by atoms with Crippen molar-refractivity contribution in [2.24, 2.45) is 0 Å². The zero-order valence-electron chi connectivity index (χ0n) is 12.5. The average molecular weight is 350 g/mol. The van der Waals surface area contributed by atoms with Gasteiger partial charge in [-0.05, 0) is 18.6 Å². The number of hydrogen-bond acceptors (Lipinski definition) is 3. The van der Waals surface area contributed by atoms with Gasteiger partial charge in [0.2, 0.25) is 15.9 Å². The Bertz CT molecular complexity index is 689. The van der Waals surface area contributed by atoms with Gasteiger partial charge in [-0.15, -0.1) is 0 Å². The van der Waals surface area contributed by atoms with Crippen molar-refractivity contribution < 1.29 is 26.4 Å². The van der Waals surface area contributed by atoms with Gasteiger partial charge < -0.3 is 4.90 Å². The number of carbonyl (C=O) groups excluding carboxylic acids is 1. The lowest BCUT2D eigenvalue weighted by Gasteiger charge is -2.22. The molecule has 0 radical (unpaired) electrons. The van der Waals surface area contributed by atoms with Crippen LogP contribution in [0.1, 0.15) is 18.9 Å². The number of amides is 1. The molecular formula is C14H17F3N2O3S. The van der Waals surface area contributed by atoms with E-state index in [1.807, 2.05) is 0 Å². The number of rotatable bonds is 2. The van der Waals surface area contributed by atoms with Gasteiger partial charge in [0, 0.05) is 33.1 Å². The molecule has 1 aromatic carbocycles. The summed E-state index contributed by atoms with van der Waals surface area (Å²) in [6, 6.07) is 4.14. The van der Waals surface area contributed by atoms with E-state index in [1.54, 1.807) is 0 Å². The Morgan fingerprint density at radius 2 is 1.74 bits per heavy atom. The molecule has 0 unspecified atom stereocenters. The van der Waals surface area contributed by atoms with Crippen molar-refractivity contribution in [3.8, 4) is 0 Å². The van der Waals surface area contributed by atoms with Crippen LogP contribution >= 0.6 is 0 Å². The van der Waals surface area contributed by atoms with Crippen molar-refractivity contribution >= 4 is 15.9 Å². The maximum absolute atomic E-state index is 13.1. The summed E-state index contributed by atoms with van der Waals surface area (Å²) in [5, 5.41) is 0. The van der Waals surface area contributed by atoms with Crippen LogP contribution in [-0.2, 0) is 21.0 Å². The minimum Gasteiger partial charge on any atom is -0.342 e. The molecule has 1 fully saturated rings. The molecule has 1 amide bonds. The predicted molar refractivity (Wildman–Crippen MR) is 77.1 cm³/mol. The smallest absolute Gasteiger partial charge is 0.342 e. The highest BCUT2D eigenvalue weighted by atomic mass is 32.2. The molecule has 0 aliphatic carbocycles. The van der Waals surface area contributed by atoms with Crippen molar-refractivity contribution in [3.63, 3.8) is 0 Å². The molecule has 0 atom stereocenters. The van der Waals surface area contributed by atoms with Gasteiger partial charge in [0.1, 0.15) is 0 Å². The molecule has 23 heavy (non-hydrogen) atoms. The molecule has 1 saturated heterocycles. The maximum atomic E-state index is 13.1. The van der Waals surface area contributed by atoms with E-state index in [2.05, 4.69) is 0 Å². The van der Waals surface area contributed by atoms with Crippen LogP contribution in [0.4, 0.5) is 13.2 Å². The Hall–Kier alpha value is -1.61. The fraction of sp³-hybridized carbons (Fsp3) is 0.500. The first-order valence-corrected chi connectivity index (χ1v) is 8.50. The first-order chi connectivity index (χ1) is 10.6. The van der Waals surface area contributed by atoms with Crippen molar-refractivity contribution in [2.75, 3.05) is 26.2 Å². The summed E-state index contributed by atoms with van der Waals surface area (Å²) >= 11 is 0. The zero-order chi connectivity index (χ0) is 17.3. The number of hydrogen-bond donors (Lipinski definition) is 0. The number of benzene rings is 1. The molecule has 9 heteroatoms. The van der Waals surface area contributed by atoms with Gasteiger partial charge in [-0.3, -0.25) is 4.79 Å². The van der Waals surface area contributed by atoms with Gasteiger partial charge in [-0.2, -0.15) is 17.5 Å². The maximum Gasteiger partial charge on any atom is 0.417 e. The Kier molecular flexibility index (Phi) is 5.00. The van der Waals surface area contributed by atoms with E-state index in [0.29, 0.717) is 13.0 Å². The molecule has 0 aromatic heterocycles. The number of halogens is 3. The van der Waals surface area contributed by atoms with Crippen molar-refractivity contribution in [2.45, 2.75) is 24.4 Å². The molecule has 5 nitrogen and oxygen atoms in total. The molecule has 0 spiro atoms. The molecule has 0 N–H and O–H groups in total. The third-order valence-corrected chi connectivity index (χ3v) is 5.67. The van der Waals surface area contributed by atoms with Crippen LogP contribution in [0.25, 0.3) is 0 Å². The summed E-state index contributed by atoms with van der Waals surface area (Å²) < 4.78 is 65.4. The Balaban J connectivity index is 2.34. The Morgan fingerprint density at radius 1 is 1.09 bits per heavy atom. The summed E-state index contributed by atoms with van der Waals surface area (Å²) in [6.07, 6.45) is -4.37. The molecule has 1 aliphatic rings. The van der Waals surface area contributed by atoms with E-state index in [-0.39, 0.29) is 25.5 Å². The van der Waals surface area contributed by atoms with Gasteiger partial charge in [-0.1, -0.05) is 12.1 Å². The van der Waals surface area contributed by atoms with Crippen LogP contribution in [0.2, 0.25) is 0 Å². The highest BCUT2D eigenvalue weighted by molar-refractivity contribution is 7.89. The van der Waals surface area contributed by atoms with E-state index < -0.39 is 26.7 Å². The van der Waals surface area contributed by atoms with Crippen LogP contribution < -0.4 is 0 Å². The average Bonchev–Trinajstić information content (AvgIpc) is 2.73. The quantitative estimate of drug-likeness (QED) is 0.819. The Labute approximate surface area is 132 Å². The fourth-order valence-electron chi connectivity index (χ4n) is 2.51. The van der Waals surface area contributed by atoms with Crippen molar-refractivity contribution in [3.05, 3.63) is 29.8 Å². The number of sulfonamides is 1.